The Labute approximate surface area is 116 Å². The molecule has 1 N–H and O–H groups in total. The molecule has 2 aromatic rings. The smallest absolute Gasteiger partial charge is 0.256 e. The monoisotopic (exact) mass is 276 g/mol. The summed E-state index contributed by atoms with van der Waals surface area (Å²) in [7, 11) is 1.65. The molecule has 1 amide bonds. The molecule has 7 heteroatoms. The Morgan fingerprint density at radius 1 is 1.40 bits per heavy atom. The number of aryl methyl sites for hydroxylation is 1. The lowest BCUT2D eigenvalue weighted by Crippen LogP contribution is -2.27. The molecule has 0 aliphatic carbocycles. The summed E-state index contributed by atoms with van der Waals surface area (Å²) < 4.78 is 4.63. The van der Waals surface area contributed by atoms with Crippen molar-refractivity contribution in [3.8, 4) is 0 Å². The van der Waals surface area contributed by atoms with Gasteiger partial charge in [-0.15, -0.1) is 0 Å². The maximum Gasteiger partial charge on any atom is 0.256 e. The third kappa shape index (κ3) is 2.47. The van der Waals surface area contributed by atoms with E-state index in [0.717, 1.165) is 0 Å². The first kappa shape index (κ1) is 14.0. The largest absolute Gasteiger partial charge is 0.355 e. The van der Waals surface area contributed by atoms with Crippen molar-refractivity contribution in [3.05, 3.63) is 34.7 Å². The van der Waals surface area contributed by atoms with Crippen molar-refractivity contribution < 1.29 is 14.1 Å². The third-order valence-corrected chi connectivity index (χ3v) is 3.14. The van der Waals surface area contributed by atoms with Crippen LogP contribution in [0.15, 0.2) is 10.9 Å². The molecule has 2 aromatic heterocycles. The molecule has 0 spiro atoms. The summed E-state index contributed by atoms with van der Waals surface area (Å²) in [6.07, 6.45) is 1.22. The van der Waals surface area contributed by atoms with E-state index in [2.05, 4.69) is 19.6 Å². The van der Waals surface area contributed by atoms with Crippen molar-refractivity contribution in [2.45, 2.75) is 27.3 Å². The van der Waals surface area contributed by atoms with Gasteiger partial charge in [-0.3, -0.25) is 9.59 Å². The predicted octanol–water partition coefficient (Wildman–Crippen LogP) is 1.49. The Morgan fingerprint density at radius 3 is 2.60 bits per heavy atom. The highest BCUT2D eigenvalue weighted by molar-refractivity contribution is 6.02. The average Bonchev–Trinajstić information content (AvgIpc) is 2.97. The molecule has 0 atom stereocenters. The number of rotatable bonds is 4. The molecule has 106 valence electrons. The number of carbonyl (C=O) groups is 2. The van der Waals surface area contributed by atoms with Gasteiger partial charge in [-0.25, -0.2) is 0 Å². The van der Waals surface area contributed by atoms with Crippen LogP contribution in [-0.4, -0.2) is 38.8 Å². The number of nitrogens with zero attached hydrogens (tertiary/aromatic N) is 3. The van der Waals surface area contributed by atoms with E-state index >= 15 is 0 Å². The van der Waals surface area contributed by atoms with Crippen LogP contribution in [0.1, 0.15) is 44.9 Å². The summed E-state index contributed by atoms with van der Waals surface area (Å²) in [6, 6.07) is 0. The Hall–Kier alpha value is -2.44. The van der Waals surface area contributed by atoms with Crippen LogP contribution < -0.4 is 0 Å². The number of hydrogen-bond donors (Lipinski definition) is 1. The Bertz CT molecular complexity index is 643. The van der Waals surface area contributed by atoms with Crippen LogP contribution in [0.3, 0.4) is 0 Å². The lowest BCUT2D eigenvalue weighted by Gasteiger charge is -2.15. The van der Waals surface area contributed by atoms with Crippen LogP contribution >= 0.6 is 0 Å². The summed E-state index contributed by atoms with van der Waals surface area (Å²) in [5, 5.41) is 3.67. The second-order valence-corrected chi connectivity index (χ2v) is 4.69. The second-order valence-electron chi connectivity index (χ2n) is 4.69. The molecule has 2 heterocycles. The van der Waals surface area contributed by atoms with Crippen molar-refractivity contribution in [2.24, 2.45) is 0 Å². The molecule has 0 saturated carbocycles. The van der Waals surface area contributed by atoms with E-state index in [9.17, 15) is 9.59 Å². The fraction of sp³-hybridized carbons (Fsp3) is 0.385. The fourth-order valence-electron chi connectivity index (χ4n) is 2.16. The van der Waals surface area contributed by atoms with E-state index in [-0.39, 0.29) is 18.2 Å². The van der Waals surface area contributed by atoms with E-state index in [4.69, 9.17) is 0 Å². The first-order chi connectivity index (χ1) is 9.41. The highest BCUT2D eigenvalue weighted by Crippen LogP contribution is 2.20. The number of hydrogen-bond acceptors (Lipinski definition) is 5. The molecule has 0 fully saturated rings. The molecule has 0 aliphatic rings. The highest BCUT2D eigenvalue weighted by atomic mass is 16.5. The van der Waals surface area contributed by atoms with E-state index < -0.39 is 0 Å². The van der Waals surface area contributed by atoms with Gasteiger partial charge in [-0.1, -0.05) is 5.16 Å². The Balaban J connectivity index is 2.27. The number of carbonyl (C=O) groups excluding carboxylic acids is 2. The van der Waals surface area contributed by atoms with Crippen LogP contribution in [0.4, 0.5) is 0 Å². The van der Waals surface area contributed by atoms with E-state index in [0.29, 0.717) is 28.3 Å². The molecule has 0 unspecified atom stereocenters. The average molecular weight is 276 g/mol. The van der Waals surface area contributed by atoms with Gasteiger partial charge >= 0.3 is 0 Å². The molecule has 0 aromatic carbocycles. The summed E-state index contributed by atoms with van der Waals surface area (Å²) >= 11 is 0. The Kier molecular flexibility index (Phi) is 3.69. The van der Waals surface area contributed by atoms with Gasteiger partial charge in [0.1, 0.15) is 0 Å². The van der Waals surface area contributed by atoms with Crippen LogP contribution in [-0.2, 0) is 6.54 Å². The maximum absolute atomic E-state index is 12.5. The molecular weight excluding hydrogens is 260 g/mol. The van der Waals surface area contributed by atoms with Gasteiger partial charge < -0.3 is 14.4 Å². The van der Waals surface area contributed by atoms with Crippen molar-refractivity contribution >= 4 is 11.7 Å². The topological polar surface area (TPSA) is 92.1 Å². The number of aromatic nitrogens is 3. The number of ketones is 1. The molecular formula is C13H16N4O3. The summed E-state index contributed by atoms with van der Waals surface area (Å²) in [6.45, 7) is 5.24. The number of H-pyrrole nitrogens is 1. The van der Waals surface area contributed by atoms with Crippen molar-refractivity contribution in [2.75, 3.05) is 7.05 Å². The number of amides is 1. The van der Waals surface area contributed by atoms with Crippen molar-refractivity contribution in [1.82, 2.24) is 20.0 Å². The standard InChI is InChI=1S/C13H16N4O3/c1-7-11(8(2)15-12(7)9(3)18)13(19)17(4)5-10-14-6-20-16-10/h6,15H,5H2,1-4H3. The van der Waals surface area contributed by atoms with Gasteiger partial charge in [0.2, 0.25) is 6.39 Å². The lowest BCUT2D eigenvalue weighted by molar-refractivity contribution is 0.0779. The van der Waals surface area contributed by atoms with Gasteiger partial charge in [-0.05, 0) is 19.4 Å². The molecule has 0 aliphatic heterocycles. The fourth-order valence-corrected chi connectivity index (χ4v) is 2.16. The maximum atomic E-state index is 12.5. The molecule has 0 saturated heterocycles. The van der Waals surface area contributed by atoms with E-state index in [1.807, 2.05) is 0 Å². The minimum atomic E-state index is -0.187. The molecule has 20 heavy (non-hydrogen) atoms. The predicted molar refractivity (Wildman–Crippen MR) is 70.4 cm³/mol. The van der Waals surface area contributed by atoms with Crippen LogP contribution in [0.25, 0.3) is 0 Å². The van der Waals surface area contributed by atoms with Gasteiger partial charge in [-0.2, -0.15) is 4.98 Å². The SMILES string of the molecule is CC(=O)c1[nH]c(C)c(C(=O)N(C)Cc2ncon2)c1C. The van der Waals surface area contributed by atoms with Gasteiger partial charge in [0, 0.05) is 19.7 Å². The number of nitrogens with one attached hydrogen (secondary N) is 1. The van der Waals surface area contributed by atoms with E-state index in [1.54, 1.807) is 20.9 Å². The van der Waals surface area contributed by atoms with E-state index in [1.165, 1.54) is 18.2 Å². The summed E-state index contributed by atoms with van der Waals surface area (Å²) in [5.41, 5.74) is 2.33. The first-order valence-corrected chi connectivity index (χ1v) is 6.12. The molecule has 0 bridgehead atoms. The molecule has 2 rings (SSSR count). The number of aromatic amines is 1. The van der Waals surface area contributed by atoms with Crippen molar-refractivity contribution in [3.63, 3.8) is 0 Å². The van der Waals surface area contributed by atoms with Crippen LogP contribution in [0.5, 0.6) is 0 Å². The van der Waals surface area contributed by atoms with Crippen LogP contribution in [0.2, 0.25) is 0 Å². The van der Waals surface area contributed by atoms with Gasteiger partial charge in [0.05, 0.1) is 17.8 Å². The number of Topliss-reactive ketones (excluding diaryl/α,β-unsaturated/α-hetero) is 1. The lowest BCUT2D eigenvalue weighted by atomic mass is 10.1. The zero-order chi connectivity index (χ0) is 14.9. The third-order valence-electron chi connectivity index (χ3n) is 3.14. The zero-order valence-corrected chi connectivity index (χ0v) is 11.9. The first-order valence-electron chi connectivity index (χ1n) is 6.12. The summed E-state index contributed by atoms with van der Waals surface area (Å²) in [5.74, 6) is 0.150. The quantitative estimate of drug-likeness (QED) is 0.854. The Morgan fingerprint density at radius 2 is 2.10 bits per heavy atom. The highest BCUT2D eigenvalue weighted by Gasteiger charge is 2.23. The zero-order valence-electron chi connectivity index (χ0n) is 11.9. The minimum absolute atomic E-state index is 0.0922. The van der Waals surface area contributed by atoms with Crippen molar-refractivity contribution in [1.29, 1.82) is 0 Å². The van der Waals surface area contributed by atoms with Gasteiger partial charge in [0.15, 0.2) is 11.6 Å². The molecule has 7 nitrogen and oxygen atoms in total. The summed E-state index contributed by atoms with van der Waals surface area (Å²) in [4.78, 5) is 32.3. The molecule has 0 radical (unpaired) electrons. The normalized spacial score (nSPS) is 10.6. The second kappa shape index (κ2) is 5.28. The van der Waals surface area contributed by atoms with Gasteiger partial charge in [0.25, 0.3) is 5.91 Å². The van der Waals surface area contributed by atoms with Crippen LogP contribution in [0, 0.1) is 13.8 Å². The minimum Gasteiger partial charge on any atom is -0.355 e.